The van der Waals surface area contributed by atoms with Crippen LogP contribution in [0.1, 0.15) is 39.3 Å². The molecule has 2 saturated heterocycles. The van der Waals surface area contributed by atoms with Gasteiger partial charge in [0.25, 0.3) is 5.56 Å². The van der Waals surface area contributed by atoms with Crippen molar-refractivity contribution in [1.29, 1.82) is 5.26 Å². The Morgan fingerprint density at radius 2 is 2.06 bits per heavy atom. The summed E-state index contributed by atoms with van der Waals surface area (Å²) in [5.41, 5.74) is -0.439. The van der Waals surface area contributed by atoms with Crippen molar-refractivity contribution in [1.82, 2.24) is 24.5 Å². The number of carbonyl (C=O) groups is 1. The number of nitriles is 1. The average Bonchev–Trinajstić information content (AvgIpc) is 3.74. The Morgan fingerprint density at radius 3 is 2.80 bits per heavy atom. The van der Waals surface area contributed by atoms with Gasteiger partial charge in [-0.2, -0.15) is 10.2 Å². The van der Waals surface area contributed by atoms with E-state index in [2.05, 4.69) is 25.3 Å². The highest BCUT2D eigenvalue weighted by Crippen LogP contribution is 2.57. The normalized spacial score (nSPS) is 33.2. The van der Waals surface area contributed by atoms with Gasteiger partial charge in [-0.15, -0.1) is 0 Å². The molecule has 18 nitrogen and oxygen atoms in total. The summed E-state index contributed by atoms with van der Waals surface area (Å²) in [6, 6.07) is 5.09. The lowest BCUT2D eigenvalue weighted by molar-refractivity contribution is -0.118. The first-order valence-corrected chi connectivity index (χ1v) is 20.8. The first-order valence-electron chi connectivity index (χ1n) is 15.6. The van der Waals surface area contributed by atoms with Crippen LogP contribution in [0.2, 0.25) is 0 Å². The fourth-order valence-corrected chi connectivity index (χ4v) is 9.35. The van der Waals surface area contributed by atoms with Crippen LogP contribution >= 0.6 is 13.4 Å². The van der Waals surface area contributed by atoms with Crippen LogP contribution in [0.4, 0.5) is 5.95 Å². The maximum atomic E-state index is 13.0. The lowest BCUT2D eigenvalue weighted by atomic mass is 10.1. The highest BCUT2D eigenvalue weighted by atomic mass is 32.5. The number of fused-ring (bicyclic) bond motifs is 4. The molecule has 50 heavy (non-hydrogen) atoms. The van der Waals surface area contributed by atoms with Gasteiger partial charge in [0.15, 0.2) is 11.9 Å². The third kappa shape index (κ3) is 8.47. The van der Waals surface area contributed by atoms with Gasteiger partial charge in [-0.05, 0) is 36.1 Å². The van der Waals surface area contributed by atoms with Crippen molar-refractivity contribution in [2.75, 3.05) is 25.1 Å². The number of hydrogen-bond acceptors (Lipinski definition) is 16. The summed E-state index contributed by atoms with van der Waals surface area (Å²) in [6.07, 6.45) is -1.11. The Labute approximate surface area is 295 Å². The molecule has 270 valence electrons. The Morgan fingerprint density at radius 1 is 1.24 bits per heavy atom. The van der Waals surface area contributed by atoms with E-state index in [9.17, 15) is 24.9 Å². The van der Waals surface area contributed by atoms with E-state index in [-0.39, 0.29) is 42.5 Å². The largest absolute Gasteiger partial charge is 0.474 e. The number of ether oxygens (including phenoxy) is 2. The number of aliphatic hydroxyl groups is 1. The number of hydrogen-bond donors (Lipinski definition) is 4. The van der Waals surface area contributed by atoms with Crippen LogP contribution < -0.4 is 15.6 Å². The number of aromatic nitrogens is 5. The summed E-state index contributed by atoms with van der Waals surface area (Å²) >= 11 is 11.2. The SMILES string of the molecule is CC(C)C(=O)Nc1nc2c(ccn2[C@@H]2O[C@@H]3COP(O)(=S)O[C@H]4C[C@H](Oc5ccncn5)C[C@@H]4COP(=S)(OCCC#N)O[C@@H]2[C@@H]3O)c(=O)[nH]1. The summed E-state index contributed by atoms with van der Waals surface area (Å²) in [5.74, 6) is -0.936. The van der Waals surface area contributed by atoms with Gasteiger partial charge in [-0.1, -0.05) is 13.8 Å². The maximum Gasteiger partial charge on any atom is 0.327 e. The van der Waals surface area contributed by atoms with Gasteiger partial charge >= 0.3 is 13.4 Å². The predicted octanol–water partition coefficient (Wildman–Crippen LogP) is 2.41. The van der Waals surface area contributed by atoms with Gasteiger partial charge in [0.1, 0.15) is 30.7 Å². The maximum absolute atomic E-state index is 13.0. The van der Waals surface area contributed by atoms with Gasteiger partial charge in [-0.3, -0.25) is 24.4 Å². The highest BCUT2D eigenvalue weighted by Gasteiger charge is 2.50. The van der Waals surface area contributed by atoms with Gasteiger partial charge in [-0.25, -0.2) is 9.97 Å². The van der Waals surface area contributed by atoms with Crippen molar-refractivity contribution in [3.05, 3.63) is 41.2 Å². The lowest BCUT2D eigenvalue weighted by Crippen LogP contribution is -2.35. The average molecular weight is 772 g/mol. The number of amides is 1. The van der Waals surface area contributed by atoms with E-state index in [1.54, 1.807) is 26.1 Å². The minimum Gasteiger partial charge on any atom is -0.474 e. The zero-order chi connectivity index (χ0) is 35.6. The smallest absolute Gasteiger partial charge is 0.327 e. The quantitative estimate of drug-likeness (QED) is 0.190. The lowest BCUT2D eigenvalue weighted by Gasteiger charge is -2.30. The molecule has 3 fully saturated rings. The van der Waals surface area contributed by atoms with Crippen molar-refractivity contribution in [3.8, 4) is 11.9 Å². The van der Waals surface area contributed by atoms with Crippen molar-refractivity contribution >= 4 is 59.9 Å². The summed E-state index contributed by atoms with van der Waals surface area (Å²) < 4.78 is 43.8. The minimum absolute atomic E-state index is 0.0218. The Bertz CT molecular complexity index is 1890. The molecule has 9 atom stereocenters. The van der Waals surface area contributed by atoms with Crippen LogP contribution in [0.5, 0.6) is 5.88 Å². The van der Waals surface area contributed by atoms with Crippen molar-refractivity contribution in [2.45, 2.75) is 69.9 Å². The molecular weight excluding hydrogens is 736 g/mol. The molecule has 2 bridgehead atoms. The number of carbonyl (C=O) groups excluding carboxylic acids is 1. The van der Waals surface area contributed by atoms with Crippen molar-refractivity contribution < 1.29 is 46.9 Å². The van der Waals surface area contributed by atoms with Crippen molar-refractivity contribution in [3.63, 3.8) is 0 Å². The van der Waals surface area contributed by atoms with E-state index in [1.165, 1.54) is 23.2 Å². The molecule has 3 aromatic heterocycles. The van der Waals surface area contributed by atoms with E-state index < -0.39 is 74.2 Å². The number of aliphatic hydroxyl groups excluding tert-OH is 1. The number of anilines is 1. The summed E-state index contributed by atoms with van der Waals surface area (Å²) in [5, 5.41) is 23.5. The molecule has 0 radical (unpaired) electrons. The number of rotatable bonds is 8. The fourth-order valence-electron chi connectivity index (χ4n) is 5.73. The van der Waals surface area contributed by atoms with Crippen LogP contribution in [0.15, 0.2) is 35.6 Å². The molecule has 6 rings (SSSR count). The van der Waals surface area contributed by atoms with Crippen LogP contribution in [-0.2, 0) is 55.8 Å². The topological polar surface area (TPSA) is 234 Å². The monoisotopic (exact) mass is 771 g/mol. The molecular formula is C28H35N7O11P2S2. The van der Waals surface area contributed by atoms with E-state index in [1.807, 2.05) is 6.07 Å². The van der Waals surface area contributed by atoms with Crippen LogP contribution in [0, 0.1) is 23.2 Å². The molecule has 0 spiro atoms. The van der Waals surface area contributed by atoms with Crippen molar-refractivity contribution in [2.24, 2.45) is 11.8 Å². The number of nitrogens with zero attached hydrogens (tertiary/aromatic N) is 5. The molecule has 1 saturated carbocycles. The second-order valence-electron chi connectivity index (χ2n) is 12.1. The van der Waals surface area contributed by atoms with E-state index in [0.29, 0.717) is 18.7 Å². The van der Waals surface area contributed by atoms with Gasteiger partial charge < -0.3 is 42.1 Å². The first-order chi connectivity index (χ1) is 23.8. The predicted molar refractivity (Wildman–Crippen MR) is 182 cm³/mol. The third-order valence-electron chi connectivity index (χ3n) is 8.19. The summed E-state index contributed by atoms with van der Waals surface area (Å²) in [4.78, 5) is 51.5. The molecule has 0 aromatic carbocycles. The number of aromatic amines is 1. The van der Waals surface area contributed by atoms with Gasteiger partial charge in [0.05, 0.1) is 43.8 Å². The number of nitrogens with one attached hydrogen (secondary N) is 2. The van der Waals surface area contributed by atoms with Gasteiger partial charge in [0, 0.05) is 36.7 Å². The molecule has 3 aliphatic rings. The standard InChI is InChI=1S/C28H35N7O11P2S2/c1-15(2)25(37)33-28-32-24-18(26(38)34-28)5-8-35(24)27-23-22(36)20(44-27)13-41-47(39,49)45-19-11-17(43-21-4-7-30-14-31-21)10-16(19)12-42-48(50,46-23)40-9-3-6-29/h4-5,7-8,14-17,19-20,22-23,27,36H,3,9-13H2,1-2H3,(H,39,49)(H2,32,33,34,37,38)/t16-,17-,19+,20-,22-,23-,27-,47?,48?/m1/s1. The van der Waals surface area contributed by atoms with E-state index in [4.69, 9.17) is 55.7 Å². The molecule has 1 aliphatic carbocycles. The van der Waals surface area contributed by atoms with Crippen LogP contribution in [0.3, 0.4) is 0 Å². The zero-order valence-electron chi connectivity index (χ0n) is 26.8. The molecule has 22 heteroatoms. The van der Waals surface area contributed by atoms with Crippen LogP contribution in [0.25, 0.3) is 11.0 Å². The summed E-state index contributed by atoms with van der Waals surface area (Å²) in [7, 11) is 0. The van der Waals surface area contributed by atoms with Gasteiger partial charge in [0.2, 0.25) is 17.7 Å². The molecule has 3 aromatic rings. The first kappa shape index (κ1) is 37.0. The zero-order valence-corrected chi connectivity index (χ0v) is 30.2. The highest BCUT2D eigenvalue weighted by molar-refractivity contribution is 8.07. The Balaban J connectivity index is 1.32. The third-order valence-corrected chi connectivity index (χ3v) is 12.1. The molecule has 2 aliphatic heterocycles. The Hall–Kier alpha value is -2.76. The minimum atomic E-state index is -3.92. The van der Waals surface area contributed by atoms with E-state index >= 15 is 0 Å². The Kier molecular flexibility index (Phi) is 11.4. The molecule has 2 unspecified atom stereocenters. The number of H-pyrrole nitrogens is 1. The second-order valence-corrected chi connectivity index (χ2v) is 17.8. The fraction of sp³-hybridized carbons (Fsp3) is 0.571. The summed E-state index contributed by atoms with van der Waals surface area (Å²) in [6.45, 7) is -4.94. The molecule has 1 amide bonds. The van der Waals surface area contributed by atoms with E-state index in [0.717, 1.165) is 0 Å². The second kappa shape index (κ2) is 15.5. The molecule has 4 N–H and O–H groups in total. The molecule has 5 heterocycles. The van der Waals surface area contributed by atoms with Crippen LogP contribution in [-0.4, -0.2) is 90.8 Å².